The lowest BCUT2D eigenvalue weighted by Crippen LogP contribution is -2.12. The fourth-order valence-corrected chi connectivity index (χ4v) is 14.7. The standard InChI is InChI=1S/C22H28FN.C21H26FN.C20H24FN.C19H22FN/c1-2-3-4-5-17-6-8-18(9-7-17)19-10-12-20(13-11-19)21-14-15-22(23)24-16-21;1-2-3-4-16-5-7-17(8-6-16)18-9-11-19(12-10-18)20-13-14-21(22)23-15-20;1-2-3-15-4-6-16(7-5-15)17-8-10-18(11-9-17)19-12-13-20(21)22-14-19;1-2-14-3-5-15(6-4-14)16-7-9-17(10-8-16)18-11-12-19(20)21-13-18/h6-9,14-16,19-20H,2-5,10-13H2,1H3;5-8,13-15,18-19H,2-4,9-12H2,1H3;4-7,12-14,17-18H,2-3,8-11H2,1H3;3-6,11-13,16-17H,2,7-10H2,1H3/t19-,20-;18-,19-;17-,18-;16-,17-. The van der Waals surface area contributed by atoms with E-state index in [-0.39, 0.29) is 23.8 Å². The Hall–Kier alpha value is -6.80. The highest BCUT2D eigenvalue weighted by atomic mass is 19.1. The fourth-order valence-electron chi connectivity index (χ4n) is 14.7. The van der Waals surface area contributed by atoms with E-state index in [1.165, 1.54) is 252 Å². The zero-order valence-corrected chi connectivity index (χ0v) is 54.5. The van der Waals surface area contributed by atoms with Crippen molar-refractivity contribution in [2.75, 3.05) is 0 Å². The van der Waals surface area contributed by atoms with E-state index in [4.69, 9.17) is 0 Å². The lowest BCUT2D eigenvalue weighted by Gasteiger charge is -2.29. The summed E-state index contributed by atoms with van der Waals surface area (Å²) in [4.78, 5) is 15.2. The van der Waals surface area contributed by atoms with Crippen molar-refractivity contribution in [1.82, 2.24) is 19.9 Å². The Morgan fingerprint density at radius 2 is 0.467 bits per heavy atom. The van der Waals surface area contributed by atoms with Crippen LogP contribution in [0.25, 0.3) is 0 Å². The van der Waals surface area contributed by atoms with Gasteiger partial charge in [0.15, 0.2) is 0 Å². The van der Waals surface area contributed by atoms with Crippen LogP contribution in [0.4, 0.5) is 17.6 Å². The van der Waals surface area contributed by atoms with Gasteiger partial charge in [-0.3, -0.25) is 0 Å². The highest BCUT2D eigenvalue weighted by molar-refractivity contribution is 5.31. The molecule has 4 heterocycles. The van der Waals surface area contributed by atoms with Crippen molar-refractivity contribution in [3.05, 3.63) is 261 Å². The smallest absolute Gasteiger partial charge is 0.212 e. The molecule has 0 atom stereocenters. The van der Waals surface area contributed by atoms with Crippen molar-refractivity contribution < 1.29 is 17.6 Å². The van der Waals surface area contributed by atoms with E-state index < -0.39 is 0 Å². The van der Waals surface area contributed by atoms with Gasteiger partial charge in [-0.05, 0) is 280 Å². The summed E-state index contributed by atoms with van der Waals surface area (Å²) in [5.74, 6) is 3.36. The molecule has 12 rings (SSSR count). The molecule has 4 nitrogen and oxygen atoms in total. The number of hydrogen-bond donors (Lipinski definition) is 0. The van der Waals surface area contributed by atoms with Gasteiger partial charge in [0.05, 0.1) is 0 Å². The van der Waals surface area contributed by atoms with Gasteiger partial charge in [0.1, 0.15) is 0 Å². The summed E-state index contributed by atoms with van der Waals surface area (Å²) in [6.07, 6.45) is 38.3. The zero-order valence-electron chi connectivity index (χ0n) is 54.5. The topological polar surface area (TPSA) is 51.6 Å². The minimum Gasteiger partial charge on any atom is -0.228 e. The second-order valence-corrected chi connectivity index (χ2v) is 26.5. The number of halogens is 4. The molecule has 4 aromatic carbocycles. The molecule has 0 radical (unpaired) electrons. The summed E-state index contributed by atoms with van der Waals surface area (Å²) < 4.78 is 51.7. The number of benzene rings is 4. The maximum Gasteiger partial charge on any atom is 0.212 e. The Labute approximate surface area is 537 Å². The normalized spacial score (nSPS) is 21.5. The van der Waals surface area contributed by atoms with Crippen molar-refractivity contribution in [3.63, 3.8) is 0 Å². The third-order valence-electron chi connectivity index (χ3n) is 20.4. The first-order chi connectivity index (χ1) is 44.0. The van der Waals surface area contributed by atoms with Crippen LogP contribution in [-0.4, -0.2) is 19.9 Å². The molecule has 4 saturated carbocycles. The number of aryl methyl sites for hydroxylation is 4. The van der Waals surface area contributed by atoms with E-state index in [9.17, 15) is 17.6 Å². The van der Waals surface area contributed by atoms with Gasteiger partial charge in [-0.15, -0.1) is 0 Å². The Morgan fingerprint density at radius 1 is 0.244 bits per heavy atom. The van der Waals surface area contributed by atoms with Crippen LogP contribution in [0.2, 0.25) is 0 Å². The molecule has 8 heteroatoms. The van der Waals surface area contributed by atoms with Crippen LogP contribution in [0.1, 0.15) is 283 Å². The SMILES string of the molecule is CCCCCc1ccc([C@H]2CC[C@H](c3ccc(F)nc3)CC2)cc1.CCCCc1ccc([C@H]2CC[C@H](c3ccc(F)nc3)CC2)cc1.CCCc1ccc([C@H]2CC[C@H](c3ccc(F)nc3)CC2)cc1.CCc1ccc([C@H]2CC[C@H](c3ccc(F)nc3)CC2)cc1. The number of unbranched alkanes of at least 4 members (excludes halogenated alkanes) is 3. The third-order valence-corrected chi connectivity index (χ3v) is 20.4. The minimum atomic E-state index is -0.386. The summed E-state index contributed by atoms with van der Waals surface area (Å²) >= 11 is 0. The van der Waals surface area contributed by atoms with Crippen LogP contribution in [0.3, 0.4) is 0 Å². The molecular formula is C82H100F4N4. The van der Waals surface area contributed by atoms with Gasteiger partial charge in [-0.1, -0.05) is 175 Å². The Kier molecular flexibility index (Phi) is 26.8. The van der Waals surface area contributed by atoms with E-state index in [2.05, 4.69) is 145 Å². The van der Waals surface area contributed by atoms with Gasteiger partial charge >= 0.3 is 0 Å². The van der Waals surface area contributed by atoms with E-state index in [0.717, 1.165) is 6.42 Å². The first-order valence-electron chi connectivity index (χ1n) is 34.9. The fraction of sp³-hybridized carbons (Fsp3) is 0.463. The Morgan fingerprint density at radius 3 is 0.689 bits per heavy atom. The first-order valence-corrected chi connectivity index (χ1v) is 34.9. The molecule has 4 aromatic heterocycles. The van der Waals surface area contributed by atoms with E-state index in [0.29, 0.717) is 47.3 Å². The average Bonchev–Trinajstić information content (AvgIpc) is 2.11. The summed E-state index contributed by atoms with van der Waals surface area (Å²) in [5, 5.41) is 0. The van der Waals surface area contributed by atoms with Gasteiger partial charge in [0, 0.05) is 24.8 Å². The van der Waals surface area contributed by atoms with Crippen LogP contribution in [0.15, 0.2) is 170 Å². The maximum absolute atomic E-state index is 13.0. The number of aromatic nitrogens is 4. The van der Waals surface area contributed by atoms with Crippen LogP contribution in [-0.2, 0) is 25.7 Å². The third kappa shape index (κ3) is 20.6. The summed E-state index contributed by atoms with van der Waals surface area (Å²) in [7, 11) is 0. The van der Waals surface area contributed by atoms with Gasteiger partial charge in [-0.25, -0.2) is 19.9 Å². The van der Waals surface area contributed by atoms with Crippen LogP contribution < -0.4 is 0 Å². The Bertz CT molecular complexity index is 3250. The number of nitrogens with zero attached hydrogens (tertiary/aromatic N) is 4. The van der Waals surface area contributed by atoms with Crippen LogP contribution in [0.5, 0.6) is 0 Å². The summed E-state index contributed by atoms with van der Waals surface area (Å²) in [5.41, 5.74) is 16.5. The largest absolute Gasteiger partial charge is 0.228 e. The second kappa shape index (κ2) is 35.7. The Balaban J connectivity index is 0.000000142. The van der Waals surface area contributed by atoms with E-state index >= 15 is 0 Å². The molecule has 8 aromatic rings. The van der Waals surface area contributed by atoms with Crippen LogP contribution in [0, 0.1) is 23.8 Å². The quantitative estimate of drug-likeness (QED) is 0.0488. The van der Waals surface area contributed by atoms with E-state index in [1.54, 1.807) is 24.8 Å². The molecule has 0 saturated heterocycles. The van der Waals surface area contributed by atoms with Crippen molar-refractivity contribution in [3.8, 4) is 0 Å². The monoisotopic (exact) mass is 1220 g/mol. The zero-order chi connectivity index (χ0) is 62.9. The first kappa shape index (κ1) is 67.6. The van der Waals surface area contributed by atoms with Crippen molar-refractivity contribution in [2.24, 2.45) is 0 Å². The molecule has 0 amide bonds. The molecule has 4 aliphatic rings. The van der Waals surface area contributed by atoms with Gasteiger partial charge < -0.3 is 0 Å². The molecule has 0 unspecified atom stereocenters. The molecule has 4 aliphatic carbocycles. The molecule has 0 N–H and O–H groups in total. The highest BCUT2D eigenvalue weighted by Gasteiger charge is 2.28. The molecule has 90 heavy (non-hydrogen) atoms. The molecule has 4 fully saturated rings. The lowest BCUT2D eigenvalue weighted by atomic mass is 9.76. The number of rotatable bonds is 18. The second-order valence-electron chi connectivity index (χ2n) is 26.5. The van der Waals surface area contributed by atoms with Crippen LogP contribution >= 0.6 is 0 Å². The molecule has 0 bridgehead atoms. The molecular weight excluding hydrogens is 1120 g/mol. The number of pyridine rings is 4. The van der Waals surface area contributed by atoms with Gasteiger partial charge in [-0.2, -0.15) is 17.6 Å². The number of hydrogen-bond acceptors (Lipinski definition) is 4. The molecule has 0 aliphatic heterocycles. The molecule has 476 valence electrons. The highest BCUT2D eigenvalue weighted by Crippen LogP contribution is 2.44. The van der Waals surface area contributed by atoms with Gasteiger partial charge in [0.2, 0.25) is 23.8 Å². The summed E-state index contributed by atoms with van der Waals surface area (Å²) in [6.45, 7) is 8.90. The van der Waals surface area contributed by atoms with Crippen molar-refractivity contribution in [1.29, 1.82) is 0 Å². The van der Waals surface area contributed by atoms with Crippen molar-refractivity contribution >= 4 is 0 Å². The predicted octanol–water partition coefficient (Wildman–Crippen LogP) is 23.2. The molecule has 0 spiro atoms. The van der Waals surface area contributed by atoms with Gasteiger partial charge in [0.25, 0.3) is 0 Å². The lowest BCUT2D eigenvalue weighted by molar-refractivity contribution is 0.395. The summed E-state index contributed by atoms with van der Waals surface area (Å²) in [6, 6.07) is 50.4. The predicted molar refractivity (Wildman–Crippen MR) is 364 cm³/mol. The maximum atomic E-state index is 13.0. The van der Waals surface area contributed by atoms with E-state index in [1.807, 2.05) is 24.3 Å². The van der Waals surface area contributed by atoms with Crippen molar-refractivity contribution in [2.45, 2.75) is 242 Å². The minimum absolute atomic E-state index is 0.383. The average molecular weight is 1220 g/mol.